The van der Waals surface area contributed by atoms with Gasteiger partial charge in [-0.25, -0.2) is 0 Å². The molecule has 0 aliphatic rings. The Kier molecular flexibility index (Phi) is 3.93. The molecule has 68 valence electrons. The first-order chi connectivity index (χ1) is 6.33. The lowest BCUT2D eigenvalue weighted by Crippen LogP contribution is -2.01. The Morgan fingerprint density at radius 2 is 2.08 bits per heavy atom. The summed E-state index contributed by atoms with van der Waals surface area (Å²) < 4.78 is 4.69. The van der Waals surface area contributed by atoms with Crippen LogP contribution in [0.3, 0.4) is 0 Å². The molecular weight excluding hydrogens is 164 g/mol. The number of hydrogen-bond acceptors (Lipinski definition) is 2. The van der Waals surface area contributed by atoms with Crippen LogP contribution in [0.15, 0.2) is 36.4 Å². The first-order valence-corrected chi connectivity index (χ1v) is 4.08. The van der Waals surface area contributed by atoms with Crippen molar-refractivity contribution < 1.29 is 9.53 Å². The van der Waals surface area contributed by atoms with Crippen LogP contribution in [0.2, 0.25) is 0 Å². The van der Waals surface area contributed by atoms with Gasteiger partial charge in [-0.2, -0.15) is 0 Å². The largest absolute Gasteiger partial charge is 0.377 e. The van der Waals surface area contributed by atoms with Gasteiger partial charge in [-0.15, -0.1) is 0 Å². The minimum atomic E-state index is -0.0219. The van der Waals surface area contributed by atoms with Gasteiger partial charge in [-0.05, 0) is 11.6 Å². The predicted molar refractivity (Wildman–Crippen MR) is 52.4 cm³/mol. The smallest absolute Gasteiger partial charge is 0.181 e. The highest BCUT2D eigenvalue weighted by atomic mass is 16.5. The second-order valence-electron chi connectivity index (χ2n) is 2.64. The van der Waals surface area contributed by atoms with E-state index in [9.17, 15) is 4.79 Å². The standard InChI is InChI=1S/C11H12O2/c1-13-9-11(12)8-7-10-5-3-2-4-6-10/h2-8H,9H2,1H3. The molecule has 1 rings (SSSR count). The summed E-state index contributed by atoms with van der Waals surface area (Å²) >= 11 is 0. The van der Waals surface area contributed by atoms with Gasteiger partial charge in [0.1, 0.15) is 6.61 Å². The third-order valence-corrected chi connectivity index (χ3v) is 1.55. The van der Waals surface area contributed by atoms with Gasteiger partial charge < -0.3 is 4.74 Å². The second-order valence-corrected chi connectivity index (χ2v) is 2.64. The predicted octanol–water partition coefficient (Wildman–Crippen LogP) is 1.92. The summed E-state index contributed by atoms with van der Waals surface area (Å²) in [7, 11) is 1.51. The van der Waals surface area contributed by atoms with Crippen LogP contribution in [-0.2, 0) is 9.53 Å². The average Bonchev–Trinajstić information content (AvgIpc) is 2.17. The summed E-state index contributed by atoms with van der Waals surface area (Å²) in [5.41, 5.74) is 1.02. The molecule has 0 aromatic heterocycles. The Hall–Kier alpha value is -1.41. The first-order valence-electron chi connectivity index (χ1n) is 4.08. The van der Waals surface area contributed by atoms with Crippen molar-refractivity contribution in [1.29, 1.82) is 0 Å². The molecule has 2 heteroatoms. The summed E-state index contributed by atoms with van der Waals surface area (Å²) in [6, 6.07) is 9.68. The van der Waals surface area contributed by atoms with Crippen molar-refractivity contribution in [2.24, 2.45) is 0 Å². The summed E-state index contributed by atoms with van der Waals surface area (Å²) in [6.07, 6.45) is 3.31. The summed E-state index contributed by atoms with van der Waals surface area (Å²) in [6.45, 7) is 0.142. The summed E-state index contributed by atoms with van der Waals surface area (Å²) in [5, 5.41) is 0. The van der Waals surface area contributed by atoms with Crippen LogP contribution >= 0.6 is 0 Å². The fraction of sp³-hybridized carbons (Fsp3) is 0.182. The Morgan fingerprint density at radius 3 is 2.69 bits per heavy atom. The molecule has 0 unspecified atom stereocenters. The Balaban J connectivity index is 2.54. The van der Waals surface area contributed by atoms with Gasteiger partial charge in [-0.3, -0.25) is 4.79 Å². The molecule has 0 radical (unpaired) electrons. The quantitative estimate of drug-likeness (QED) is 0.655. The van der Waals surface area contributed by atoms with E-state index in [-0.39, 0.29) is 12.4 Å². The number of ketones is 1. The molecule has 0 bridgehead atoms. The van der Waals surface area contributed by atoms with E-state index in [1.54, 1.807) is 6.08 Å². The molecule has 0 atom stereocenters. The molecule has 1 aromatic rings. The molecular formula is C11H12O2. The van der Waals surface area contributed by atoms with Crippen LogP contribution in [0, 0.1) is 0 Å². The molecule has 0 aliphatic carbocycles. The molecule has 2 nitrogen and oxygen atoms in total. The minimum Gasteiger partial charge on any atom is -0.377 e. The third kappa shape index (κ3) is 3.67. The third-order valence-electron chi connectivity index (χ3n) is 1.55. The lowest BCUT2D eigenvalue weighted by Gasteiger charge is -1.92. The number of hydrogen-bond donors (Lipinski definition) is 0. The summed E-state index contributed by atoms with van der Waals surface area (Å²) in [4.78, 5) is 11.0. The molecule has 0 N–H and O–H groups in total. The van der Waals surface area contributed by atoms with Crippen molar-refractivity contribution in [2.75, 3.05) is 13.7 Å². The minimum absolute atomic E-state index is 0.0219. The van der Waals surface area contributed by atoms with Crippen LogP contribution in [0.4, 0.5) is 0 Å². The zero-order valence-electron chi connectivity index (χ0n) is 7.57. The highest BCUT2D eigenvalue weighted by Gasteiger charge is 1.92. The zero-order valence-corrected chi connectivity index (χ0v) is 7.57. The van der Waals surface area contributed by atoms with E-state index in [1.165, 1.54) is 13.2 Å². The number of rotatable bonds is 4. The van der Waals surface area contributed by atoms with Crippen LogP contribution in [-0.4, -0.2) is 19.5 Å². The number of carbonyl (C=O) groups excluding carboxylic acids is 1. The van der Waals surface area contributed by atoms with Crippen molar-refractivity contribution in [1.82, 2.24) is 0 Å². The number of benzene rings is 1. The Labute approximate surface area is 77.8 Å². The van der Waals surface area contributed by atoms with Crippen molar-refractivity contribution in [3.05, 3.63) is 42.0 Å². The fourth-order valence-electron chi connectivity index (χ4n) is 0.944. The van der Waals surface area contributed by atoms with E-state index in [0.717, 1.165) is 5.56 Å². The molecule has 0 fully saturated rings. The highest BCUT2D eigenvalue weighted by molar-refractivity contribution is 5.94. The zero-order chi connectivity index (χ0) is 9.52. The van der Waals surface area contributed by atoms with Gasteiger partial charge >= 0.3 is 0 Å². The normalized spacial score (nSPS) is 10.5. The monoisotopic (exact) mass is 176 g/mol. The second kappa shape index (κ2) is 5.27. The maximum absolute atomic E-state index is 11.0. The van der Waals surface area contributed by atoms with Crippen LogP contribution in [0.25, 0.3) is 6.08 Å². The first kappa shape index (κ1) is 9.68. The fourth-order valence-corrected chi connectivity index (χ4v) is 0.944. The molecule has 0 saturated heterocycles. The van der Waals surface area contributed by atoms with E-state index in [4.69, 9.17) is 4.74 Å². The maximum Gasteiger partial charge on any atom is 0.181 e. The molecule has 0 aliphatic heterocycles. The molecule has 0 saturated carbocycles. The van der Waals surface area contributed by atoms with Gasteiger partial charge in [0, 0.05) is 7.11 Å². The Bertz CT molecular complexity index is 288. The van der Waals surface area contributed by atoms with E-state index < -0.39 is 0 Å². The van der Waals surface area contributed by atoms with Crippen LogP contribution in [0.1, 0.15) is 5.56 Å². The highest BCUT2D eigenvalue weighted by Crippen LogP contribution is 2.00. The number of methoxy groups -OCH3 is 1. The number of ether oxygens (including phenoxy) is 1. The van der Waals surface area contributed by atoms with Crippen molar-refractivity contribution >= 4 is 11.9 Å². The molecule has 1 aromatic carbocycles. The molecule has 0 heterocycles. The SMILES string of the molecule is COCC(=O)C=Cc1ccccc1. The maximum atomic E-state index is 11.0. The topological polar surface area (TPSA) is 26.3 Å². The van der Waals surface area contributed by atoms with Gasteiger partial charge in [0.2, 0.25) is 0 Å². The van der Waals surface area contributed by atoms with Gasteiger partial charge in [0.05, 0.1) is 0 Å². The van der Waals surface area contributed by atoms with Crippen molar-refractivity contribution in [3.8, 4) is 0 Å². The van der Waals surface area contributed by atoms with Gasteiger partial charge in [0.25, 0.3) is 0 Å². The van der Waals surface area contributed by atoms with E-state index in [2.05, 4.69) is 0 Å². The van der Waals surface area contributed by atoms with Crippen LogP contribution < -0.4 is 0 Å². The molecule has 13 heavy (non-hydrogen) atoms. The van der Waals surface area contributed by atoms with Crippen molar-refractivity contribution in [3.63, 3.8) is 0 Å². The lowest BCUT2D eigenvalue weighted by molar-refractivity contribution is -0.117. The molecule has 0 amide bonds. The van der Waals surface area contributed by atoms with Gasteiger partial charge in [0.15, 0.2) is 5.78 Å². The van der Waals surface area contributed by atoms with E-state index >= 15 is 0 Å². The average molecular weight is 176 g/mol. The van der Waals surface area contributed by atoms with E-state index in [1.807, 2.05) is 30.3 Å². The Morgan fingerprint density at radius 1 is 1.38 bits per heavy atom. The lowest BCUT2D eigenvalue weighted by atomic mass is 10.2. The molecule has 0 spiro atoms. The number of carbonyl (C=O) groups is 1. The summed E-state index contributed by atoms with van der Waals surface area (Å²) in [5.74, 6) is -0.0219. The van der Waals surface area contributed by atoms with E-state index in [0.29, 0.717) is 0 Å². The van der Waals surface area contributed by atoms with Gasteiger partial charge in [-0.1, -0.05) is 36.4 Å². The van der Waals surface area contributed by atoms with Crippen molar-refractivity contribution in [2.45, 2.75) is 0 Å². The van der Waals surface area contributed by atoms with Crippen LogP contribution in [0.5, 0.6) is 0 Å².